The minimum absolute atomic E-state index is 0.114. The van der Waals surface area contributed by atoms with Gasteiger partial charge in [-0.1, -0.05) is 11.6 Å². The lowest BCUT2D eigenvalue weighted by atomic mass is 10.1. The van der Waals surface area contributed by atoms with Gasteiger partial charge in [-0.25, -0.2) is 4.79 Å². The fourth-order valence-electron chi connectivity index (χ4n) is 2.50. The molecule has 30 heavy (non-hydrogen) atoms. The molecule has 0 bridgehead atoms. The third kappa shape index (κ3) is 5.73. The Morgan fingerprint density at radius 2 is 1.63 bits per heavy atom. The first-order valence-electron chi connectivity index (χ1n) is 8.65. The average molecular weight is 444 g/mol. The summed E-state index contributed by atoms with van der Waals surface area (Å²) in [4.78, 5) is 24.8. The van der Waals surface area contributed by atoms with Crippen molar-refractivity contribution in [2.75, 3.05) is 19.5 Å². The summed E-state index contributed by atoms with van der Waals surface area (Å²) < 4.78 is 44.4. The molecule has 0 radical (unpaired) electrons. The maximum absolute atomic E-state index is 12.4. The second-order valence-corrected chi connectivity index (χ2v) is 6.47. The van der Waals surface area contributed by atoms with Crippen LogP contribution in [0.5, 0.6) is 17.2 Å². The van der Waals surface area contributed by atoms with Crippen LogP contribution in [0.1, 0.15) is 22.8 Å². The molecule has 0 spiro atoms. The second kappa shape index (κ2) is 10.1. The maximum atomic E-state index is 12.4. The maximum Gasteiger partial charge on any atom is 0.387 e. The van der Waals surface area contributed by atoms with Crippen molar-refractivity contribution in [2.45, 2.75) is 26.6 Å². The van der Waals surface area contributed by atoms with Crippen molar-refractivity contribution in [3.05, 3.63) is 46.5 Å². The average Bonchev–Trinajstić information content (AvgIpc) is 2.69. The quantitative estimate of drug-likeness (QED) is 0.607. The Kier molecular flexibility index (Phi) is 7.82. The highest BCUT2D eigenvalue weighted by atomic mass is 35.5. The Balaban J connectivity index is 2.07. The van der Waals surface area contributed by atoms with Crippen LogP contribution in [0.4, 0.5) is 14.5 Å². The number of benzene rings is 2. The van der Waals surface area contributed by atoms with Gasteiger partial charge in [0.15, 0.2) is 6.10 Å². The second-order valence-electron chi connectivity index (χ2n) is 6.07. The SMILES string of the molecule is COc1cc(C(=O)OC(C)C(=O)Nc2ccc(OC(F)F)c(Cl)c2)cc(OC)c1C. The van der Waals surface area contributed by atoms with Gasteiger partial charge in [0.1, 0.15) is 17.2 Å². The van der Waals surface area contributed by atoms with E-state index < -0.39 is 24.6 Å². The van der Waals surface area contributed by atoms with Crippen LogP contribution < -0.4 is 19.5 Å². The third-order valence-corrected chi connectivity index (χ3v) is 4.35. The molecule has 2 aromatic rings. The van der Waals surface area contributed by atoms with Gasteiger partial charge in [-0.15, -0.1) is 0 Å². The van der Waals surface area contributed by atoms with Crippen LogP contribution in [0.2, 0.25) is 5.02 Å². The highest BCUT2D eigenvalue weighted by Crippen LogP contribution is 2.30. The number of hydrogen-bond acceptors (Lipinski definition) is 6. The fraction of sp³-hybridized carbons (Fsp3) is 0.300. The third-order valence-electron chi connectivity index (χ3n) is 4.06. The predicted molar refractivity (Wildman–Crippen MR) is 106 cm³/mol. The summed E-state index contributed by atoms with van der Waals surface area (Å²) in [6.07, 6.45) is -1.16. The van der Waals surface area contributed by atoms with E-state index >= 15 is 0 Å². The summed E-state index contributed by atoms with van der Waals surface area (Å²) in [6.45, 7) is 0.124. The van der Waals surface area contributed by atoms with Crippen molar-refractivity contribution in [1.29, 1.82) is 0 Å². The number of carbonyl (C=O) groups excluding carboxylic acids is 2. The largest absolute Gasteiger partial charge is 0.496 e. The molecule has 0 saturated carbocycles. The van der Waals surface area contributed by atoms with Crippen LogP contribution in [-0.2, 0) is 9.53 Å². The van der Waals surface area contributed by atoms with Gasteiger partial charge < -0.3 is 24.3 Å². The van der Waals surface area contributed by atoms with Crippen molar-refractivity contribution >= 4 is 29.2 Å². The number of ether oxygens (including phenoxy) is 4. The van der Waals surface area contributed by atoms with Gasteiger partial charge in [-0.3, -0.25) is 4.79 Å². The van der Waals surface area contributed by atoms with Crippen molar-refractivity contribution in [3.63, 3.8) is 0 Å². The first-order chi connectivity index (χ1) is 14.2. The van der Waals surface area contributed by atoms with Crippen LogP contribution >= 0.6 is 11.6 Å². The summed E-state index contributed by atoms with van der Waals surface area (Å²) in [5.74, 6) is -0.773. The number of carbonyl (C=O) groups is 2. The van der Waals surface area contributed by atoms with E-state index in [4.69, 9.17) is 25.8 Å². The van der Waals surface area contributed by atoms with Crippen LogP contribution in [-0.4, -0.2) is 38.8 Å². The number of rotatable bonds is 8. The summed E-state index contributed by atoms with van der Waals surface area (Å²) >= 11 is 5.85. The van der Waals surface area contributed by atoms with Crippen LogP contribution in [0, 0.1) is 6.92 Å². The van der Waals surface area contributed by atoms with Crippen molar-refractivity contribution in [2.24, 2.45) is 0 Å². The number of methoxy groups -OCH3 is 2. The first kappa shape index (κ1) is 23.2. The number of nitrogens with one attached hydrogen (secondary N) is 1. The lowest BCUT2D eigenvalue weighted by Crippen LogP contribution is -2.30. The van der Waals surface area contributed by atoms with Crippen LogP contribution in [0.3, 0.4) is 0 Å². The summed E-state index contributed by atoms with van der Waals surface area (Å²) in [6, 6.07) is 6.71. The molecular weight excluding hydrogens is 424 g/mol. The normalized spacial score (nSPS) is 11.6. The number of hydrogen-bond donors (Lipinski definition) is 1. The molecule has 1 atom stereocenters. The van der Waals surface area contributed by atoms with Crippen LogP contribution in [0.25, 0.3) is 0 Å². The van der Waals surface area contributed by atoms with Gasteiger partial charge in [0.2, 0.25) is 0 Å². The smallest absolute Gasteiger partial charge is 0.387 e. The summed E-state index contributed by atoms with van der Waals surface area (Å²) in [5.41, 5.74) is 1.07. The molecule has 0 aliphatic rings. The van der Waals surface area contributed by atoms with Gasteiger partial charge in [0.05, 0.1) is 24.8 Å². The monoisotopic (exact) mass is 443 g/mol. The molecule has 0 aliphatic heterocycles. The van der Waals surface area contributed by atoms with Gasteiger partial charge in [0.25, 0.3) is 5.91 Å². The molecule has 162 valence electrons. The predicted octanol–water partition coefficient (Wildman–Crippen LogP) is 4.45. The molecule has 2 rings (SSSR count). The molecule has 1 N–H and O–H groups in total. The highest BCUT2D eigenvalue weighted by molar-refractivity contribution is 6.32. The highest BCUT2D eigenvalue weighted by Gasteiger charge is 2.21. The molecular formula is C20H20ClF2NO6. The zero-order chi connectivity index (χ0) is 22.4. The molecule has 0 heterocycles. The summed E-state index contributed by atoms with van der Waals surface area (Å²) in [7, 11) is 2.91. The standard InChI is InChI=1S/C20H20ClF2NO6/c1-10-16(27-3)7-12(8-17(10)28-4)19(26)29-11(2)18(25)24-13-5-6-15(14(21)9-13)30-20(22)23/h5-9,11,20H,1-4H3,(H,24,25). The molecule has 0 aliphatic carbocycles. The lowest BCUT2D eigenvalue weighted by Gasteiger charge is -2.16. The van der Waals surface area contributed by atoms with Crippen molar-refractivity contribution < 1.29 is 37.3 Å². The van der Waals surface area contributed by atoms with Gasteiger partial charge in [0, 0.05) is 11.3 Å². The van der Waals surface area contributed by atoms with Crippen molar-refractivity contribution in [3.8, 4) is 17.2 Å². The minimum atomic E-state index is -3.03. The minimum Gasteiger partial charge on any atom is -0.496 e. The van der Waals surface area contributed by atoms with E-state index in [2.05, 4.69) is 10.1 Å². The molecule has 1 unspecified atom stereocenters. The Hall–Kier alpha value is -3.07. The van der Waals surface area contributed by atoms with Gasteiger partial charge in [-0.2, -0.15) is 8.78 Å². The first-order valence-corrected chi connectivity index (χ1v) is 9.02. The summed E-state index contributed by atoms with van der Waals surface area (Å²) in [5, 5.41) is 2.37. The molecule has 0 saturated heterocycles. The van der Waals surface area contributed by atoms with Crippen LogP contribution in [0.15, 0.2) is 30.3 Å². The van der Waals surface area contributed by atoms with E-state index in [0.29, 0.717) is 17.1 Å². The molecule has 1 amide bonds. The van der Waals surface area contributed by atoms with E-state index in [1.165, 1.54) is 51.5 Å². The Labute approximate surface area is 176 Å². The number of alkyl halides is 2. The number of esters is 1. The van der Waals surface area contributed by atoms with E-state index in [1.54, 1.807) is 6.92 Å². The topological polar surface area (TPSA) is 83.1 Å². The Morgan fingerprint density at radius 3 is 2.13 bits per heavy atom. The number of anilines is 1. The van der Waals surface area contributed by atoms with E-state index in [0.717, 1.165) is 0 Å². The van der Waals surface area contributed by atoms with E-state index in [1.807, 2.05) is 0 Å². The Bertz CT molecular complexity index is 913. The van der Waals surface area contributed by atoms with Gasteiger partial charge in [-0.05, 0) is 44.2 Å². The lowest BCUT2D eigenvalue weighted by molar-refractivity contribution is -0.123. The zero-order valence-corrected chi connectivity index (χ0v) is 17.4. The zero-order valence-electron chi connectivity index (χ0n) is 16.6. The Morgan fingerprint density at radius 1 is 1.03 bits per heavy atom. The number of halogens is 3. The van der Waals surface area contributed by atoms with Crippen molar-refractivity contribution in [1.82, 2.24) is 0 Å². The number of amides is 1. The molecule has 7 nitrogen and oxygen atoms in total. The fourth-order valence-corrected chi connectivity index (χ4v) is 2.73. The van der Waals surface area contributed by atoms with E-state index in [9.17, 15) is 18.4 Å². The van der Waals surface area contributed by atoms with E-state index in [-0.39, 0.29) is 22.0 Å². The van der Waals surface area contributed by atoms with Gasteiger partial charge >= 0.3 is 12.6 Å². The molecule has 10 heteroatoms. The molecule has 0 fully saturated rings. The molecule has 0 aromatic heterocycles. The molecule has 2 aromatic carbocycles.